The van der Waals surface area contributed by atoms with Crippen LogP contribution in [0.3, 0.4) is 0 Å². The smallest absolute Gasteiger partial charge is 0.251 e. The molecular formula is C22H37IN4O3. The van der Waals surface area contributed by atoms with Crippen LogP contribution < -0.4 is 16.0 Å². The molecule has 0 aliphatic carbocycles. The first kappa shape index (κ1) is 26.6. The quantitative estimate of drug-likeness (QED) is 0.211. The van der Waals surface area contributed by atoms with Crippen LogP contribution in [0.15, 0.2) is 29.3 Å². The molecule has 0 saturated carbocycles. The van der Waals surface area contributed by atoms with Gasteiger partial charge in [-0.3, -0.25) is 4.79 Å². The Labute approximate surface area is 197 Å². The number of hydrogen-bond donors (Lipinski definition) is 4. The second-order valence-electron chi connectivity index (χ2n) is 7.80. The summed E-state index contributed by atoms with van der Waals surface area (Å²) < 4.78 is 5.55. The molecule has 0 radical (unpaired) electrons. The number of carbonyl (C=O) groups excluding carboxylic acids is 1. The zero-order chi connectivity index (χ0) is 21.1. The van der Waals surface area contributed by atoms with Crippen LogP contribution in [-0.4, -0.2) is 55.9 Å². The average Bonchev–Trinajstić information content (AvgIpc) is 3.19. The second-order valence-corrected chi connectivity index (χ2v) is 7.80. The van der Waals surface area contributed by atoms with Crippen molar-refractivity contribution in [3.8, 4) is 0 Å². The van der Waals surface area contributed by atoms with Gasteiger partial charge in [0.05, 0.1) is 13.2 Å². The number of halogens is 1. The molecule has 1 amide bonds. The first-order valence-corrected chi connectivity index (χ1v) is 10.6. The molecule has 30 heavy (non-hydrogen) atoms. The highest BCUT2D eigenvalue weighted by Gasteiger charge is 2.34. The highest BCUT2D eigenvalue weighted by molar-refractivity contribution is 14.0. The van der Waals surface area contributed by atoms with Crippen LogP contribution in [0.1, 0.15) is 56.0 Å². The van der Waals surface area contributed by atoms with E-state index in [0.29, 0.717) is 25.3 Å². The Kier molecular flexibility index (Phi) is 12.3. The van der Waals surface area contributed by atoms with Gasteiger partial charge in [0.15, 0.2) is 5.96 Å². The highest BCUT2D eigenvalue weighted by Crippen LogP contribution is 2.31. The lowest BCUT2D eigenvalue weighted by molar-refractivity contribution is 0.0939. The Bertz CT molecular complexity index is 661. The van der Waals surface area contributed by atoms with E-state index in [1.807, 2.05) is 45.0 Å². The minimum Gasteiger partial charge on any atom is -0.396 e. The molecule has 170 valence electrons. The van der Waals surface area contributed by atoms with Crippen molar-refractivity contribution in [1.82, 2.24) is 16.0 Å². The predicted octanol–water partition coefficient (Wildman–Crippen LogP) is 2.68. The zero-order valence-electron chi connectivity index (χ0n) is 18.4. The first-order chi connectivity index (χ1) is 14.0. The van der Waals surface area contributed by atoms with E-state index in [4.69, 9.17) is 4.74 Å². The van der Waals surface area contributed by atoms with Crippen molar-refractivity contribution in [2.45, 2.75) is 52.6 Å². The van der Waals surface area contributed by atoms with Gasteiger partial charge >= 0.3 is 0 Å². The van der Waals surface area contributed by atoms with Gasteiger partial charge in [0.1, 0.15) is 0 Å². The number of hydrogen-bond acceptors (Lipinski definition) is 4. The van der Waals surface area contributed by atoms with Crippen molar-refractivity contribution >= 4 is 35.8 Å². The average molecular weight is 532 g/mol. The Morgan fingerprint density at radius 2 is 2.00 bits per heavy atom. The fraction of sp³-hybridized carbons (Fsp3) is 0.636. The molecule has 2 rings (SSSR count). The number of nitrogens with one attached hydrogen (secondary N) is 3. The summed E-state index contributed by atoms with van der Waals surface area (Å²) in [5, 5.41) is 19.0. The van der Waals surface area contributed by atoms with Crippen LogP contribution in [0.25, 0.3) is 0 Å². The number of carbonyl (C=O) groups is 1. The maximum atomic E-state index is 12.2. The van der Waals surface area contributed by atoms with E-state index in [1.54, 1.807) is 0 Å². The van der Waals surface area contributed by atoms with Gasteiger partial charge in [-0.15, -0.1) is 24.0 Å². The van der Waals surface area contributed by atoms with Crippen molar-refractivity contribution in [3.63, 3.8) is 0 Å². The normalized spacial score (nSPS) is 19.7. The molecule has 0 aromatic heterocycles. The number of ether oxygens (including phenoxy) is 1. The minimum atomic E-state index is -0.0441. The fourth-order valence-electron chi connectivity index (χ4n) is 3.27. The molecule has 4 N–H and O–H groups in total. The number of benzene rings is 1. The number of aliphatic imine (C=N–C) groups is 1. The number of aliphatic hydroxyl groups is 1. The van der Waals surface area contributed by atoms with Gasteiger partial charge < -0.3 is 25.8 Å². The molecular weight excluding hydrogens is 495 g/mol. The Morgan fingerprint density at radius 3 is 2.57 bits per heavy atom. The molecule has 1 aromatic carbocycles. The molecule has 1 aliphatic rings. The van der Waals surface area contributed by atoms with Crippen molar-refractivity contribution in [2.75, 3.05) is 32.9 Å². The van der Waals surface area contributed by atoms with Gasteiger partial charge in [0, 0.05) is 43.3 Å². The molecule has 1 heterocycles. The third kappa shape index (κ3) is 8.39. The van der Waals surface area contributed by atoms with Gasteiger partial charge in [-0.05, 0) is 50.8 Å². The third-order valence-electron chi connectivity index (χ3n) is 5.43. The van der Waals surface area contributed by atoms with E-state index < -0.39 is 0 Å². The second kappa shape index (κ2) is 13.8. The largest absolute Gasteiger partial charge is 0.396 e. The molecule has 0 bridgehead atoms. The maximum absolute atomic E-state index is 12.2. The molecule has 1 aromatic rings. The van der Waals surface area contributed by atoms with Crippen LogP contribution in [0, 0.1) is 5.41 Å². The maximum Gasteiger partial charge on any atom is 0.251 e. The van der Waals surface area contributed by atoms with Crippen molar-refractivity contribution in [3.05, 3.63) is 35.4 Å². The molecule has 8 heteroatoms. The Morgan fingerprint density at radius 1 is 1.27 bits per heavy atom. The van der Waals surface area contributed by atoms with Crippen LogP contribution in [0.4, 0.5) is 0 Å². The molecule has 2 unspecified atom stereocenters. The summed E-state index contributed by atoms with van der Waals surface area (Å²) in [6, 6.07) is 7.73. The molecule has 1 fully saturated rings. The zero-order valence-corrected chi connectivity index (χ0v) is 20.7. The van der Waals surface area contributed by atoms with Crippen LogP contribution in [0.2, 0.25) is 0 Å². The monoisotopic (exact) mass is 532 g/mol. The summed E-state index contributed by atoms with van der Waals surface area (Å²) >= 11 is 0. The van der Waals surface area contributed by atoms with Gasteiger partial charge in [-0.25, -0.2) is 4.99 Å². The number of guanidine groups is 1. The lowest BCUT2D eigenvalue weighted by Crippen LogP contribution is -2.44. The van der Waals surface area contributed by atoms with Gasteiger partial charge in [0.2, 0.25) is 0 Å². The predicted molar refractivity (Wildman–Crippen MR) is 131 cm³/mol. The van der Waals surface area contributed by atoms with Crippen molar-refractivity contribution in [1.29, 1.82) is 0 Å². The number of nitrogens with zero attached hydrogens (tertiary/aromatic N) is 1. The van der Waals surface area contributed by atoms with Gasteiger partial charge in [0.25, 0.3) is 5.91 Å². The minimum absolute atomic E-state index is 0. The third-order valence-corrected chi connectivity index (χ3v) is 5.43. The van der Waals surface area contributed by atoms with E-state index in [0.717, 1.165) is 43.9 Å². The van der Waals surface area contributed by atoms with E-state index in [1.165, 1.54) is 0 Å². The lowest BCUT2D eigenvalue weighted by Gasteiger charge is -2.27. The Hall–Kier alpha value is -1.39. The summed E-state index contributed by atoms with van der Waals surface area (Å²) in [6.45, 7) is 9.66. The Balaban J connectivity index is 0.00000450. The van der Waals surface area contributed by atoms with E-state index in [9.17, 15) is 9.90 Å². The van der Waals surface area contributed by atoms with Gasteiger partial charge in [-0.1, -0.05) is 19.1 Å². The van der Waals surface area contributed by atoms with Crippen molar-refractivity contribution in [2.24, 2.45) is 10.4 Å². The van der Waals surface area contributed by atoms with Crippen LogP contribution in [0.5, 0.6) is 0 Å². The molecule has 7 nitrogen and oxygen atoms in total. The summed E-state index contributed by atoms with van der Waals surface area (Å²) in [5.74, 6) is 0.702. The summed E-state index contributed by atoms with van der Waals surface area (Å²) in [6.07, 6.45) is 2.57. The number of amides is 1. The topological polar surface area (TPSA) is 95.0 Å². The number of rotatable bonds is 10. The SMILES string of the molecule is CCNC(=NCc1ccc(C(=O)NC(C)CC)cc1)NCC1(CCO)CCOC1.I. The van der Waals surface area contributed by atoms with Gasteiger partial charge in [-0.2, -0.15) is 0 Å². The summed E-state index contributed by atoms with van der Waals surface area (Å²) in [4.78, 5) is 16.8. The summed E-state index contributed by atoms with van der Waals surface area (Å²) in [7, 11) is 0. The van der Waals surface area contributed by atoms with Crippen LogP contribution >= 0.6 is 24.0 Å². The molecule has 2 atom stereocenters. The fourth-order valence-corrected chi connectivity index (χ4v) is 3.27. The highest BCUT2D eigenvalue weighted by atomic mass is 127. The number of aliphatic hydroxyl groups excluding tert-OH is 1. The van der Waals surface area contributed by atoms with Crippen molar-refractivity contribution < 1.29 is 14.6 Å². The molecule has 0 spiro atoms. The van der Waals surface area contributed by atoms with E-state index >= 15 is 0 Å². The first-order valence-electron chi connectivity index (χ1n) is 10.6. The van der Waals surface area contributed by atoms with E-state index in [-0.39, 0.29) is 47.9 Å². The molecule has 1 aliphatic heterocycles. The lowest BCUT2D eigenvalue weighted by atomic mass is 9.84. The standard InChI is InChI=1S/C22H36N4O3.HI/c1-4-17(3)26-20(28)19-8-6-18(7-9-19)14-24-21(23-5-2)25-15-22(10-12-27)11-13-29-16-22;/h6-9,17,27H,4-5,10-16H2,1-3H3,(H,26,28)(H2,23,24,25);1H. The molecule has 1 saturated heterocycles. The summed E-state index contributed by atoms with van der Waals surface area (Å²) in [5.41, 5.74) is 1.67. The van der Waals surface area contributed by atoms with E-state index in [2.05, 4.69) is 20.9 Å². The van der Waals surface area contributed by atoms with Crippen LogP contribution in [-0.2, 0) is 11.3 Å².